The molecule has 29 heavy (non-hydrogen) atoms. The number of nitrogens with zero attached hydrogens (tertiary/aromatic N) is 3. The first-order valence-electron chi connectivity index (χ1n) is 8.48. The fraction of sp³-hybridized carbons (Fsp3) is 0.150. The van der Waals surface area contributed by atoms with Crippen LogP contribution in [0.3, 0.4) is 0 Å². The highest BCUT2D eigenvalue weighted by molar-refractivity contribution is 5.85. The van der Waals surface area contributed by atoms with Gasteiger partial charge in [-0.15, -0.1) is 0 Å². The Bertz CT molecular complexity index is 1130. The Morgan fingerprint density at radius 2 is 1.72 bits per heavy atom. The first-order valence-corrected chi connectivity index (χ1v) is 8.48. The Kier molecular flexibility index (Phi) is 4.34. The van der Waals surface area contributed by atoms with Crippen LogP contribution in [0.15, 0.2) is 54.6 Å². The van der Waals surface area contributed by atoms with Gasteiger partial charge in [0.05, 0.1) is 17.3 Å². The second-order valence-corrected chi connectivity index (χ2v) is 6.38. The highest BCUT2D eigenvalue weighted by Gasteiger charge is 2.49. The van der Waals surface area contributed by atoms with E-state index in [2.05, 4.69) is 5.10 Å². The zero-order chi connectivity index (χ0) is 20.8. The van der Waals surface area contributed by atoms with Crippen molar-refractivity contribution in [3.05, 3.63) is 77.2 Å². The number of hydrogen-bond donors (Lipinski definition) is 1. The van der Waals surface area contributed by atoms with Crippen molar-refractivity contribution in [3.8, 4) is 17.6 Å². The van der Waals surface area contributed by atoms with Crippen LogP contribution < -0.4 is 4.74 Å². The average molecular weight is 400 g/mol. The zero-order valence-corrected chi connectivity index (χ0v) is 14.6. The summed E-state index contributed by atoms with van der Waals surface area (Å²) in [6.07, 6.45) is -4.88. The topological polar surface area (TPSA) is 74.7 Å². The first-order chi connectivity index (χ1) is 13.8. The van der Waals surface area contributed by atoms with Gasteiger partial charge in [-0.25, -0.2) is 4.39 Å². The van der Waals surface area contributed by atoms with E-state index in [0.717, 1.165) is 10.7 Å². The van der Waals surface area contributed by atoms with Crippen LogP contribution >= 0.6 is 0 Å². The maximum atomic E-state index is 14.5. The molecule has 0 spiro atoms. The summed E-state index contributed by atoms with van der Waals surface area (Å²) in [7, 11) is 0. The number of alkyl halides is 3. The molecule has 1 aromatic heterocycles. The van der Waals surface area contributed by atoms with E-state index >= 15 is 0 Å². The summed E-state index contributed by atoms with van der Waals surface area (Å²) in [6.45, 7) is 0. The molecule has 3 aromatic rings. The summed E-state index contributed by atoms with van der Waals surface area (Å²) < 4.78 is 62.4. The monoisotopic (exact) mass is 400 g/mol. The molecular formula is C20H12F4N4O. The number of para-hydroxylation sites is 1. The molecule has 0 amide bonds. The van der Waals surface area contributed by atoms with Crippen LogP contribution in [0.25, 0.3) is 5.69 Å². The second kappa shape index (κ2) is 6.74. The molecule has 0 aliphatic carbocycles. The highest BCUT2D eigenvalue weighted by atomic mass is 19.4. The van der Waals surface area contributed by atoms with Crippen molar-refractivity contribution in [3.63, 3.8) is 0 Å². The Morgan fingerprint density at radius 3 is 2.34 bits per heavy atom. The lowest BCUT2D eigenvalue weighted by Gasteiger charge is -2.29. The van der Waals surface area contributed by atoms with Crippen LogP contribution in [-0.4, -0.2) is 15.7 Å². The van der Waals surface area contributed by atoms with Crippen LogP contribution in [0.1, 0.15) is 22.7 Å². The minimum atomic E-state index is -4.88. The van der Waals surface area contributed by atoms with Gasteiger partial charge in [0.25, 0.3) is 0 Å². The molecule has 2 aromatic carbocycles. The van der Waals surface area contributed by atoms with E-state index in [1.807, 2.05) is 0 Å². The van der Waals surface area contributed by atoms with E-state index in [1.165, 1.54) is 30.3 Å². The molecular weight excluding hydrogens is 388 g/mol. The van der Waals surface area contributed by atoms with E-state index in [4.69, 9.17) is 10.1 Å². The Morgan fingerprint density at radius 1 is 1.07 bits per heavy atom. The quantitative estimate of drug-likeness (QED) is 0.635. The highest BCUT2D eigenvalue weighted by Crippen LogP contribution is 2.49. The van der Waals surface area contributed by atoms with Crippen molar-refractivity contribution in [1.82, 2.24) is 9.78 Å². The third-order valence-electron chi connectivity index (χ3n) is 4.66. The SMILES string of the molecule is N#CC1C(=N)Oc2c(c(C(F)(F)F)nn2-c2ccccc2)C1c1ccccc1F. The van der Waals surface area contributed by atoms with Crippen molar-refractivity contribution in [1.29, 1.82) is 10.7 Å². The predicted molar refractivity (Wildman–Crippen MR) is 94.3 cm³/mol. The Hall–Kier alpha value is -3.67. The van der Waals surface area contributed by atoms with Crippen LogP contribution in [0.2, 0.25) is 0 Å². The summed E-state index contributed by atoms with van der Waals surface area (Å²) in [4.78, 5) is 0. The maximum Gasteiger partial charge on any atom is 0.435 e. The van der Waals surface area contributed by atoms with Gasteiger partial charge in [0.15, 0.2) is 5.69 Å². The summed E-state index contributed by atoms with van der Waals surface area (Å²) in [6, 6.07) is 15.0. The number of rotatable bonds is 2. The third-order valence-corrected chi connectivity index (χ3v) is 4.66. The molecule has 0 saturated carbocycles. The van der Waals surface area contributed by atoms with E-state index in [1.54, 1.807) is 24.3 Å². The number of fused-ring (bicyclic) bond motifs is 1. The molecule has 146 valence electrons. The zero-order valence-electron chi connectivity index (χ0n) is 14.6. The minimum Gasteiger partial charge on any atom is -0.423 e. The lowest BCUT2D eigenvalue weighted by atomic mass is 9.79. The number of nitriles is 1. The number of benzene rings is 2. The maximum absolute atomic E-state index is 14.5. The van der Waals surface area contributed by atoms with Gasteiger partial charge in [-0.2, -0.15) is 28.2 Å². The summed E-state index contributed by atoms with van der Waals surface area (Å²) in [5.74, 6) is -4.54. The molecule has 0 fully saturated rings. The third kappa shape index (κ3) is 3.02. The smallest absolute Gasteiger partial charge is 0.423 e. The van der Waals surface area contributed by atoms with Crippen molar-refractivity contribution in [2.45, 2.75) is 12.1 Å². The van der Waals surface area contributed by atoms with Crippen LogP contribution in [0, 0.1) is 28.5 Å². The lowest BCUT2D eigenvalue weighted by molar-refractivity contribution is -0.142. The summed E-state index contributed by atoms with van der Waals surface area (Å²) >= 11 is 0. The van der Waals surface area contributed by atoms with E-state index in [9.17, 15) is 22.8 Å². The first kappa shape index (κ1) is 18.7. The lowest BCUT2D eigenvalue weighted by Crippen LogP contribution is -2.32. The second-order valence-electron chi connectivity index (χ2n) is 6.38. The number of ether oxygens (including phenoxy) is 1. The van der Waals surface area contributed by atoms with E-state index < -0.39 is 41.0 Å². The molecule has 1 aliphatic heterocycles. The van der Waals surface area contributed by atoms with Crippen molar-refractivity contribution >= 4 is 5.90 Å². The van der Waals surface area contributed by atoms with Crippen LogP contribution in [-0.2, 0) is 6.18 Å². The molecule has 2 heterocycles. The van der Waals surface area contributed by atoms with Crippen LogP contribution in [0.4, 0.5) is 17.6 Å². The van der Waals surface area contributed by atoms with Crippen molar-refractivity contribution < 1.29 is 22.3 Å². The Labute approximate surface area is 162 Å². The largest absolute Gasteiger partial charge is 0.435 e. The van der Waals surface area contributed by atoms with Gasteiger partial charge in [-0.1, -0.05) is 36.4 Å². The molecule has 0 saturated heterocycles. The molecule has 0 bridgehead atoms. The predicted octanol–water partition coefficient (Wildman–Crippen LogP) is 4.67. The van der Waals surface area contributed by atoms with Gasteiger partial charge in [0, 0.05) is 5.92 Å². The molecule has 0 radical (unpaired) electrons. The van der Waals surface area contributed by atoms with Crippen molar-refractivity contribution in [2.24, 2.45) is 5.92 Å². The average Bonchev–Trinajstić information content (AvgIpc) is 3.07. The van der Waals surface area contributed by atoms with Gasteiger partial charge in [-0.3, -0.25) is 5.41 Å². The number of hydrogen-bond acceptors (Lipinski definition) is 4. The van der Waals surface area contributed by atoms with Crippen molar-refractivity contribution in [2.75, 3.05) is 0 Å². The van der Waals surface area contributed by atoms with Gasteiger partial charge in [-0.05, 0) is 23.8 Å². The number of halogens is 4. The molecule has 2 atom stereocenters. The number of aromatic nitrogens is 2. The summed E-state index contributed by atoms with van der Waals surface area (Å²) in [5, 5.41) is 21.3. The van der Waals surface area contributed by atoms with Crippen LogP contribution in [0.5, 0.6) is 5.88 Å². The van der Waals surface area contributed by atoms with E-state index in [-0.39, 0.29) is 17.1 Å². The fourth-order valence-electron chi connectivity index (χ4n) is 3.43. The Balaban J connectivity index is 2.06. The van der Waals surface area contributed by atoms with Gasteiger partial charge >= 0.3 is 6.18 Å². The van der Waals surface area contributed by atoms with E-state index in [0.29, 0.717) is 0 Å². The molecule has 5 nitrogen and oxygen atoms in total. The van der Waals surface area contributed by atoms with Gasteiger partial charge in [0.1, 0.15) is 11.7 Å². The minimum absolute atomic E-state index is 0.133. The van der Waals surface area contributed by atoms with Gasteiger partial charge in [0.2, 0.25) is 11.8 Å². The fourth-order valence-corrected chi connectivity index (χ4v) is 3.43. The molecule has 2 unspecified atom stereocenters. The molecule has 9 heteroatoms. The standard InChI is InChI=1S/C20H12F4N4O/c21-14-9-5-4-8-12(14)15-13(10-25)18(26)29-19-16(15)17(20(22,23)24)27-28(19)11-6-2-1-3-7-11/h1-9,13,15,26H. The number of nitrogens with one attached hydrogen (secondary N) is 1. The summed E-state index contributed by atoms with van der Waals surface area (Å²) in [5.41, 5.74) is -1.60. The molecule has 4 rings (SSSR count). The molecule has 1 aliphatic rings. The molecule has 1 N–H and O–H groups in total. The normalized spacial score (nSPS) is 18.7. The van der Waals surface area contributed by atoms with Gasteiger partial charge < -0.3 is 4.74 Å².